The molecule has 1 rings (SSSR count). The highest BCUT2D eigenvalue weighted by Crippen LogP contribution is 2.16. The van der Waals surface area contributed by atoms with Crippen molar-refractivity contribution in [3.8, 4) is 0 Å². The Kier molecular flexibility index (Phi) is 9.68. The normalized spacial score (nSPS) is 13.5. The van der Waals surface area contributed by atoms with Crippen LogP contribution in [0.2, 0.25) is 0 Å². The predicted octanol–water partition coefficient (Wildman–Crippen LogP) is 3.18. The third-order valence-corrected chi connectivity index (χ3v) is 4.21. The zero-order chi connectivity index (χ0) is 21.2. The third-order valence-electron chi connectivity index (χ3n) is 4.21. The van der Waals surface area contributed by atoms with E-state index in [4.69, 9.17) is 0 Å². The standard InChI is InChI=1S/C20H27F3N2O3/c1-14(12-16-8-4-3-5-9-16)13-18(27)17(25-15(2)26)10-6-7-11-24-19(28)20(21,22)23/h3-5,8-9,14,17H,6-7,10-13H2,1-2H3,(H,24,28)(H,25,26)/t14-,17-/m0/s1. The Bertz CT molecular complexity index is 648. The summed E-state index contributed by atoms with van der Waals surface area (Å²) >= 11 is 0. The molecule has 0 saturated carbocycles. The SMILES string of the molecule is CC(=O)N[C@@H](CCCCNC(=O)C(F)(F)F)C(=O)C[C@@H](C)Cc1ccccc1. The lowest BCUT2D eigenvalue weighted by molar-refractivity contribution is -0.173. The third kappa shape index (κ3) is 9.53. The quantitative estimate of drug-likeness (QED) is 0.560. The van der Waals surface area contributed by atoms with E-state index < -0.39 is 18.1 Å². The first kappa shape index (κ1) is 23.7. The van der Waals surface area contributed by atoms with Crippen LogP contribution in [-0.2, 0) is 20.8 Å². The van der Waals surface area contributed by atoms with Crippen LogP contribution in [0.1, 0.15) is 45.1 Å². The number of alkyl halides is 3. The van der Waals surface area contributed by atoms with Crippen LogP contribution >= 0.6 is 0 Å². The summed E-state index contributed by atoms with van der Waals surface area (Å²) in [4.78, 5) is 34.7. The molecule has 28 heavy (non-hydrogen) atoms. The first-order valence-electron chi connectivity index (χ1n) is 9.28. The fourth-order valence-electron chi connectivity index (χ4n) is 2.91. The predicted molar refractivity (Wildman–Crippen MR) is 99.5 cm³/mol. The Labute approximate surface area is 163 Å². The van der Waals surface area contributed by atoms with Crippen molar-refractivity contribution in [2.45, 2.75) is 58.2 Å². The Morgan fingerprint density at radius 2 is 1.71 bits per heavy atom. The molecule has 5 nitrogen and oxygen atoms in total. The van der Waals surface area contributed by atoms with Gasteiger partial charge >= 0.3 is 12.1 Å². The number of carbonyl (C=O) groups is 3. The van der Waals surface area contributed by atoms with E-state index in [1.807, 2.05) is 37.3 Å². The van der Waals surface area contributed by atoms with Gasteiger partial charge in [-0.2, -0.15) is 13.2 Å². The number of benzene rings is 1. The number of halogens is 3. The Hall–Kier alpha value is -2.38. The van der Waals surface area contributed by atoms with Gasteiger partial charge in [-0.15, -0.1) is 0 Å². The molecule has 2 amide bonds. The maximum absolute atomic E-state index is 12.5. The molecule has 0 fully saturated rings. The highest BCUT2D eigenvalue weighted by molar-refractivity contribution is 5.88. The van der Waals surface area contributed by atoms with Crippen molar-refractivity contribution in [3.05, 3.63) is 35.9 Å². The molecule has 8 heteroatoms. The molecular formula is C20H27F3N2O3. The smallest absolute Gasteiger partial charge is 0.348 e. The maximum atomic E-state index is 12.5. The summed E-state index contributed by atoms with van der Waals surface area (Å²) in [7, 11) is 0. The highest BCUT2D eigenvalue weighted by Gasteiger charge is 2.38. The van der Waals surface area contributed by atoms with Crippen LogP contribution in [0.4, 0.5) is 13.2 Å². The molecule has 0 aliphatic rings. The van der Waals surface area contributed by atoms with Crippen molar-refractivity contribution in [1.82, 2.24) is 10.6 Å². The number of hydrogen-bond acceptors (Lipinski definition) is 3. The van der Waals surface area contributed by atoms with Gasteiger partial charge in [-0.25, -0.2) is 0 Å². The Morgan fingerprint density at radius 1 is 1.07 bits per heavy atom. The topological polar surface area (TPSA) is 75.3 Å². The molecule has 0 aromatic heterocycles. The molecule has 0 bridgehead atoms. The number of rotatable bonds is 11. The number of unbranched alkanes of at least 4 members (excludes halogenated alkanes) is 1. The molecule has 1 aromatic rings. The fourth-order valence-corrected chi connectivity index (χ4v) is 2.91. The van der Waals surface area contributed by atoms with Crippen molar-refractivity contribution in [2.75, 3.05) is 6.54 Å². The van der Waals surface area contributed by atoms with Gasteiger partial charge in [0.2, 0.25) is 5.91 Å². The summed E-state index contributed by atoms with van der Waals surface area (Å²) in [6.07, 6.45) is -2.86. The number of Topliss-reactive ketones (excluding diaryl/α,β-unsaturated/α-hetero) is 1. The van der Waals surface area contributed by atoms with E-state index in [2.05, 4.69) is 5.32 Å². The van der Waals surface area contributed by atoms with Crippen molar-refractivity contribution in [2.24, 2.45) is 5.92 Å². The second-order valence-corrected chi connectivity index (χ2v) is 6.97. The number of ketones is 1. The lowest BCUT2D eigenvalue weighted by Gasteiger charge is -2.19. The van der Waals surface area contributed by atoms with Crippen LogP contribution in [0.25, 0.3) is 0 Å². The minimum absolute atomic E-state index is 0.0947. The van der Waals surface area contributed by atoms with Gasteiger partial charge in [0.25, 0.3) is 0 Å². The molecule has 0 saturated heterocycles. The van der Waals surface area contributed by atoms with Crippen LogP contribution in [0.15, 0.2) is 30.3 Å². The van der Waals surface area contributed by atoms with Crippen molar-refractivity contribution < 1.29 is 27.6 Å². The molecule has 0 spiro atoms. The van der Waals surface area contributed by atoms with Gasteiger partial charge in [0.15, 0.2) is 5.78 Å². The van der Waals surface area contributed by atoms with Gasteiger partial charge < -0.3 is 10.6 Å². The van der Waals surface area contributed by atoms with Crippen molar-refractivity contribution in [3.63, 3.8) is 0 Å². The van der Waals surface area contributed by atoms with Crippen LogP contribution in [0.5, 0.6) is 0 Å². The second-order valence-electron chi connectivity index (χ2n) is 6.97. The first-order chi connectivity index (χ1) is 13.1. The van der Waals surface area contributed by atoms with E-state index in [9.17, 15) is 27.6 Å². The minimum Gasteiger partial charge on any atom is -0.348 e. The van der Waals surface area contributed by atoms with E-state index in [1.165, 1.54) is 6.92 Å². The average molecular weight is 400 g/mol. The Balaban J connectivity index is 2.44. The minimum atomic E-state index is -4.90. The summed E-state index contributed by atoms with van der Waals surface area (Å²) < 4.78 is 36.3. The summed E-state index contributed by atoms with van der Waals surface area (Å²) in [6, 6.07) is 9.09. The summed E-state index contributed by atoms with van der Waals surface area (Å²) in [5.74, 6) is -2.31. The van der Waals surface area contributed by atoms with Crippen LogP contribution in [0.3, 0.4) is 0 Å². The largest absolute Gasteiger partial charge is 0.471 e. The van der Waals surface area contributed by atoms with Gasteiger partial charge in [0.05, 0.1) is 6.04 Å². The summed E-state index contributed by atoms with van der Waals surface area (Å²) in [5.41, 5.74) is 1.12. The number of hydrogen-bond donors (Lipinski definition) is 2. The van der Waals surface area contributed by atoms with Gasteiger partial charge in [0, 0.05) is 19.9 Å². The molecule has 0 heterocycles. The first-order valence-corrected chi connectivity index (χ1v) is 9.28. The maximum Gasteiger partial charge on any atom is 0.471 e. The highest BCUT2D eigenvalue weighted by atomic mass is 19.4. The van der Waals surface area contributed by atoms with Crippen LogP contribution in [-0.4, -0.2) is 36.4 Å². The van der Waals surface area contributed by atoms with Crippen molar-refractivity contribution >= 4 is 17.6 Å². The lowest BCUT2D eigenvalue weighted by atomic mass is 9.92. The molecule has 2 atom stereocenters. The van der Waals surface area contributed by atoms with E-state index in [0.29, 0.717) is 19.3 Å². The lowest BCUT2D eigenvalue weighted by Crippen LogP contribution is -2.40. The summed E-state index contributed by atoms with van der Waals surface area (Å²) in [6.45, 7) is 3.14. The van der Waals surface area contributed by atoms with Gasteiger partial charge in [0.1, 0.15) is 0 Å². The number of amides is 2. The van der Waals surface area contributed by atoms with Crippen LogP contribution < -0.4 is 10.6 Å². The zero-order valence-electron chi connectivity index (χ0n) is 16.1. The summed E-state index contributed by atoms with van der Waals surface area (Å²) in [5, 5.41) is 4.41. The zero-order valence-corrected chi connectivity index (χ0v) is 16.1. The van der Waals surface area contributed by atoms with E-state index >= 15 is 0 Å². The van der Waals surface area contributed by atoms with Gasteiger partial charge in [-0.05, 0) is 37.2 Å². The molecule has 0 radical (unpaired) electrons. The average Bonchev–Trinajstić information content (AvgIpc) is 2.59. The molecule has 156 valence electrons. The van der Waals surface area contributed by atoms with E-state index in [1.54, 1.807) is 5.32 Å². The van der Waals surface area contributed by atoms with Gasteiger partial charge in [-0.1, -0.05) is 37.3 Å². The fraction of sp³-hybridized carbons (Fsp3) is 0.550. The molecular weight excluding hydrogens is 373 g/mol. The molecule has 2 N–H and O–H groups in total. The van der Waals surface area contributed by atoms with Crippen LogP contribution in [0, 0.1) is 5.92 Å². The Morgan fingerprint density at radius 3 is 2.29 bits per heavy atom. The van der Waals surface area contributed by atoms with Gasteiger partial charge in [-0.3, -0.25) is 14.4 Å². The van der Waals surface area contributed by atoms with E-state index in [-0.39, 0.29) is 30.6 Å². The number of nitrogens with one attached hydrogen (secondary N) is 2. The molecule has 0 aliphatic heterocycles. The molecule has 1 aromatic carbocycles. The second kappa shape index (κ2) is 11.5. The van der Waals surface area contributed by atoms with Crippen molar-refractivity contribution in [1.29, 1.82) is 0 Å². The number of carbonyl (C=O) groups excluding carboxylic acids is 3. The van der Waals surface area contributed by atoms with E-state index in [0.717, 1.165) is 12.0 Å². The molecule has 0 unspecified atom stereocenters. The molecule has 0 aliphatic carbocycles. The monoisotopic (exact) mass is 400 g/mol.